The highest BCUT2D eigenvalue weighted by Crippen LogP contribution is 2.39. The number of carbonyl (C=O) groups is 6. The van der Waals surface area contributed by atoms with Crippen LogP contribution in [0.1, 0.15) is 134 Å². The van der Waals surface area contributed by atoms with Gasteiger partial charge < -0.3 is 37.6 Å². The normalized spacial score (nSPS) is 12.3. The maximum atomic E-state index is 14.6. The van der Waals surface area contributed by atoms with Crippen molar-refractivity contribution in [2.45, 2.75) is 80.1 Å². The van der Waals surface area contributed by atoms with Gasteiger partial charge in [0.2, 0.25) is 0 Å². The van der Waals surface area contributed by atoms with Crippen LogP contribution >= 0.6 is 0 Å². The van der Waals surface area contributed by atoms with Crippen molar-refractivity contribution in [2.24, 2.45) is 20.6 Å². The Morgan fingerprint density at radius 3 is 0.759 bits per heavy atom. The maximum Gasteiger partial charge on any atom is 0.331 e. The Morgan fingerprint density at radius 1 is 0.241 bits per heavy atom. The lowest BCUT2D eigenvalue weighted by Gasteiger charge is -2.12. The first-order valence-electron chi connectivity index (χ1n) is 37.1. The number of hydrogen-bond donors (Lipinski definition) is 0. The first kappa shape index (κ1) is 72.0. The molecule has 0 N–H and O–H groups in total. The van der Waals surface area contributed by atoms with E-state index in [-0.39, 0.29) is 11.6 Å². The van der Waals surface area contributed by atoms with E-state index in [4.69, 9.17) is 19.4 Å². The molecule has 0 aliphatic carbocycles. The summed E-state index contributed by atoms with van der Waals surface area (Å²) in [6.45, 7) is 8.77. The largest absolute Gasteiger partial charge is 0.331 e. The van der Waals surface area contributed by atoms with Crippen molar-refractivity contribution in [1.82, 2.24) is 18.3 Å². The second-order valence-electron chi connectivity index (χ2n) is 27.9. The van der Waals surface area contributed by atoms with Crippen LogP contribution in [0.2, 0.25) is 0 Å². The van der Waals surface area contributed by atoms with E-state index in [1.54, 1.807) is 13.8 Å². The van der Waals surface area contributed by atoms with Crippen LogP contribution in [0.15, 0.2) is 288 Å². The molecule has 0 atom stereocenters. The molecule has 18 heteroatoms. The number of ketones is 2. The lowest BCUT2D eigenvalue weighted by Crippen LogP contribution is -2.06. The van der Waals surface area contributed by atoms with Crippen molar-refractivity contribution in [3.05, 3.63) is 311 Å². The van der Waals surface area contributed by atoms with Crippen LogP contribution in [0.5, 0.6) is 0 Å². The van der Waals surface area contributed by atoms with E-state index in [1.807, 2.05) is 218 Å². The number of aromatic nitrogens is 4. The third-order valence-corrected chi connectivity index (χ3v) is 20.5. The standard InChI is InChI=1S/C94H74N8O10/c1-57(95-109-59(3)103)67-37-49-89-79(53-67)81-55-69(93(107)65-33-45-73(46-34-65)99-85-25-15-11-19-75(85)76-20-12-16-26-86(76)99)39-51-91(81)101(89)71-41-29-63(30-42-71)83(97-111-61(5)105)23-9-7-8-10-24-84(98-112-62(6)106)64-31-43-72(44-32-64)102-90-50-38-68(58(2)96-110-60(4)104)54-80(90)82-56-70(40-52-92(82)102)94(108)66-35-47-74(48-36-66)100-87-27-17-13-21-77(87)78-22-14-18-28-88(78)100/h11-22,25-56H,7-10,23-24H2,1-6H3/b95-57?,96-58?,97-83-,98-84-. The molecule has 112 heavy (non-hydrogen) atoms. The number of unbranched alkanes of at least 4 members (excludes halogenated alkanes) is 3. The summed E-state index contributed by atoms with van der Waals surface area (Å²) in [5, 5.41) is 24.9. The predicted molar refractivity (Wildman–Crippen MR) is 442 cm³/mol. The maximum absolute atomic E-state index is 14.6. The smallest absolute Gasteiger partial charge is 0.318 e. The van der Waals surface area contributed by atoms with Gasteiger partial charge in [-0.15, -0.1) is 0 Å². The van der Waals surface area contributed by atoms with Gasteiger partial charge in [0.25, 0.3) is 0 Å². The zero-order valence-electron chi connectivity index (χ0n) is 62.3. The first-order chi connectivity index (χ1) is 54.5. The molecule has 0 amide bonds. The lowest BCUT2D eigenvalue weighted by atomic mass is 10.00. The van der Waals surface area contributed by atoms with Gasteiger partial charge >= 0.3 is 23.9 Å². The Labute approximate surface area is 643 Å². The van der Waals surface area contributed by atoms with Gasteiger partial charge in [0, 0.05) is 116 Å². The van der Waals surface area contributed by atoms with Gasteiger partial charge in [0.15, 0.2) is 11.6 Å². The van der Waals surface area contributed by atoms with Crippen molar-refractivity contribution in [3.8, 4) is 22.7 Å². The summed E-state index contributed by atoms with van der Waals surface area (Å²) in [7, 11) is 0. The fraction of sp³-hybridized carbons (Fsp3) is 0.128. The number of oxime groups is 4. The summed E-state index contributed by atoms with van der Waals surface area (Å²) in [6.07, 6.45) is 3.99. The molecule has 16 rings (SSSR count). The van der Waals surface area contributed by atoms with E-state index in [2.05, 4.69) is 87.4 Å². The third-order valence-electron chi connectivity index (χ3n) is 20.5. The van der Waals surface area contributed by atoms with Gasteiger partial charge in [-0.05, 0) is 220 Å². The molecule has 0 aliphatic rings. The topological polar surface area (TPSA) is 208 Å². The SMILES string of the molecule is CC(=O)ON=C(C)c1ccc2c(c1)c1cc(C(=O)c3ccc(-n4c5ccccc5c5ccccc54)cc3)ccc1n2-c1ccc(/C(CCCCCC/C(=N/OC(C)=O)c2ccc(-n3c4ccc(C(=O)c5ccc(-n6c7ccccc7c7ccccc76)cc5)cc4c4cc(C(C)=NOC(C)=O)ccc43)cc2)=N\OC(C)=O)cc1. The molecular formula is C94H74N8O10. The van der Waals surface area contributed by atoms with Crippen LogP contribution in [0, 0.1) is 0 Å². The summed E-state index contributed by atoms with van der Waals surface area (Å²) in [4.78, 5) is 98.1. The van der Waals surface area contributed by atoms with Crippen LogP contribution in [-0.2, 0) is 38.5 Å². The summed E-state index contributed by atoms with van der Waals surface area (Å²) in [6, 6.07) is 87.9. The van der Waals surface area contributed by atoms with Gasteiger partial charge in [-0.25, -0.2) is 19.2 Å². The average Bonchev–Trinajstić information content (AvgIpc) is 1.58. The van der Waals surface area contributed by atoms with Crippen LogP contribution < -0.4 is 0 Å². The number of para-hydroxylation sites is 4. The Bertz CT molecular complexity index is 6120. The van der Waals surface area contributed by atoms with Crippen LogP contribution in [-0.4, -0.2) is 76.6 Å². The van der Waals surface area contributed by atoms with Gasteiger partial charge in [-0.3, -0.25) is 9.59 Å². The summed E-state index contributed by atoms with van der Waals surface area (Å²) in [5.74, 6) is -2.44. The molecule has 4 aromatic heterocycles. The zero-order valence-corrected chi connectivity index (χ0v) is 62.3. The molecule has 0 radical (unpaired) electrons. The molecule has 0 spiro atoms. The van der Waals surface area contributed by atoms with Crippen molar-refractivity contribution >= 4 is 146 Å². The van der Waals surface area contributed by atoms with E-state index >= 15 is 0 Å². The van der Waals surface area contributed by atoms with Crippen molar-refractivity contribution in [3.63, 3.8) is 0 Å². The fourth-order valence-electron chi connectivity index (χ4n) is 15.2. The van der Waals surface area contributed by atoms with Gasteiger partial charge in [-0.2, -0.15) is 0 Å². The molecule has 0 saturated heterocycles. The molecule has 0 unspecified atom stereocenters. The van der Waals surface area contributed by atoms with E-state index in [1.165, 1.54) is 27.7 Å². The Hall–Kier alpha value is -14.3. The number of nitrogens with zero attached hydrogens (tertiary/aromatic N) is 8. The fourth-order valence-corrected chi connectivity index (χ4v) is 15.2. The Morgan fingerprint density at radius 2 is 0.473 bits per heavy atom. The molecule has 550 valence electrons. The van der Waals surface area contributed by atoms with Crippen LogP contribution in [0.4, 0.5) is 0 Å². The van der Waals surface area contributed by atoms with E-state index in [9.17, 15) is 28.8 Å². The van der Waals surface area contributed by atoms with E-state index in [0.29, 0.717) is 70.8 Å². The molecule has 4 heterocycles. The minimum absolute atomic E-state index is 0.134. The Kier molecular flexibility index (Phi) is 19.8. The number of fused-ring (bicyclic) bond motifs is 12. The van der Waals surface area contributed by atoms with Crippen LogP contribution in [0.25, 0.3) is 110 Å². The molecule has 0 aliphatic heterocycles. The highest BCUT2D eigenvalue weighted by molar-refractivity contribution is 6.19. The highest BCUT2D eigenvalue weighted by atomic mass is 16.7. The first-order valence-corrected chi connectivity index (χ1v) is 37.1. The minimum Gasteiger partial charge on any atom is -0.318 e. The molecular weight excluding hydrogens is 1400 g/mol. The minimum atomic E-state index is -0.546. The van der Waals surface area contributed by atoms with Crippen molar-refractivity contribution in [1.29, 1.82) is 0 Å². The van der Waals surface area contributed by atoms with Crippen molar-refractivity contribution < 1.29 is 48.1 Å². The van der Waals surface area contributed by atoms with Gasteiger partial charge in [-0.1, -0.05) is 143 Å². The molecule has 16 aromatic rings. The summed E-state index contributed by atoms with van der Waals surface area (Å²) in [5.41, 5.74) is 18.5. The monoisotopic (exact) mass is 1470 g/mol. The van der Waals surface area contributed by atoms with Crippen LogP contribution in [0.3, 0.4) is 0 Å². The predicted octanol–water partition coefficient (Wildman–Crippen LogP) is 20.7. The molecule has 12 aromatic carbocycles. The molecule has 18 nitrogen and oxygen atoms in total. The second-order valence-corrected chi connectivity index (χ2v) is 27.9. The highest BCUT2D eigenvalue weighted by Gasteiger charge is 2.23. The Balaban J connectivity index is 0.621. The number of carbonyl (C=O) groups excluding carboxylic acids is 6. The van der Waals surface area contributed by atoms with E-state index in [0.717, 1.165) is 145 Å². The number of rotatable bonds is 23. The molecule has 0 bridgehead atoms. The van der Waals surface area contributed by atoms with Crippen molar-refractivity contribution in [2.75, 3.05) is 0 Å². The third kappa shape index (κ3) is 14.1. The zero-order chi connectivity index (χ0) is 77.3. The van der Waals surface area contributed by atoms with Gasteiger partial charge in [0.1, 0.15) is 0 Å². The second kappa shape index (κ2) is 30.8. The quantitative estimate of drug-likeness (QED) is 0.0194. The van der Waals surface area contributed by atoms with Gasteiger partial charge in [0.05, 0.1) is 67.0 Å². The average molecular weight is 1480 g/mol. The lowest BCUT2D eigenvalue weighted by molar-refractivity contribution is -0.141. The molecule has 0 saturated carbocycles. The number of hydrogen-bond acceptors (Lipinski definition) is 14. The molecule has 0 fully saturated rings. The summed E-state index contributed by atoms with van der Waals surface area (Å²) >= 11 is 0. The summed E-state index contributed by atoms with van der Waals surface area (Å²) < 4.78 is 8.71. The van der Waals surface area contributed by atoms with E-state index < -0.39 is 23.9 Å². The number of benzene rings is 12.